The van der Waals surface area contributed by atoms with Crippen LogP contribution in [0.1, 0.15) is 84.3 Å². The largest absolute Gasteiger partial charge is 0.348 e. The Morgan fingerprint density at radius 1 is 0.623 bits per heavy atom. The normalized spacial score (nSPS) is 15.7. The monoisotopic (exact) mass is 814 g/mol. The molecule has 0 bridgehead atoms. The first kappa shape index (κ1) is 40.6. The Kier molecular flexibility index (Phi) is 10.3. The van der Waals surface area contributed by atoms with Crippen molar-refractivity contribution in [3.05, 3.63) is 132 Å². The van der Waals surface area contributed by atoms with Crippen molar-refractivity contribution in [1.29, 1.82) is 0 Å². The third-order valence-electron chi connectivity index (χ3n) is 11.2. The van der Waals surface area contributed by atoms with E-state index < -0.39 is 10.8 Å². The molecule has 61 heavy (non-hydrogen) atoms. The molecule has 14 nitrogen and oxygen atoms in total. The summed E-state index contributed by atoms with van der Waals surface area (Å²) in [6.07, 6.45) is 9.09. The molecule has 9 rings (SSSR count). The minimum Gasteiger partial charge on any atom is -0.348 e. The molecule has 308 valence electrons. The van der Waals surface area contributed by atoms with Crippen LogP contribution in [-0.2, 0) is 20.4 Å². The lowest BCUT2D eigenvalue weighted by molar-refractivity contribution is -0.122. The Morgan fingerprint density at radius 2 is 1.05 bits per heavy atom. The second kappa shape index (κ2) is 15.4. The van der Waals surface area contributed by atoms with Crippen molar-refractivity contribution in [3.8, 4) is 22.3 Å². The molecule has 1 fully saturated rings. The molecule has 2 aromatic carbocycles. The summed E-state index contributed by atoms with van der Waals surface area (Å²) in [4.78, 5) is 82.4. The molecule has 0 radical (unpaired) electrons. The number of benzene rings is 2. The van der Waals surface area contributed by atoms with Gasteiger partial charge < -0.3 is 10.2 Å². The summed E-state index contributed by atoms with van der Waals surface area (Å²) in [5.74, 6) is 1.69. The van der Waals surface area contributed by atoms with Crippen LogP contribution in [0.3, 0.4) is 0 Å². The minimum absolute atomic E-state index is 0.0768. The Labute approximate surface area is 354 Å². The second-order valence-corrected chi connectivity index (χ2v) is 16.7. The molecule has 6 aromatic rings. The van der Waals surface area contributed by atoms with E-state index in [2.05, 4.69) is 35.2 Å². The molecular formula is C47H46N10O4. The summed E-state index contributed by atoms with van der Waals surface area (Å²) in [6.45, 7) is 11.3. The molecule has 1 aliphatic carbocycles. The maximum absolute atomic E-state index is 13.4. The molecule has 14 heteroatoms. The number of rotatable bonds is 7. The van der Waals surface area contributed by atoms with E-state index in [0.717, 1.165) is 57.6 Å². The molecule has 3 aliphatic rings. The Bertz CT molecular complexity index is 2730. The van der Waals surface area contributed by atoms with Gasteiger partial charge in [0.25, 0.3) is 11.8 Å². The molecule has 4 aromatic heterocycles. The second-order valence-electron chi connectivity index (χ2n) is 16.7. The highest BCUT2D eigenvalue weighted by Crippen LogP contribution is 2.47. The molecule has 6 heterocycles. The van der Waals surface area contributed by atoms with E-state index in [0.29, 0.717) is 34.7 Å². The molecule has 2 aliphatic heterocycles. The molecule has 1 saturated carbocycles. The first-order chi connectivity index (χ1) is 29.0. The van der Waals surface area contributed by atoms with E-state index in [1.54, 1.807) is 85.1 Å². The number of amides is 4. The summed E-state index contributed by atoms with van der Waals surface area (Å²) in [7, 11) is 3.35. The molecular weight excluding hydrogens is 769 g/mol. The molecule has 0 saturated heterocycles. The SMILES string of the molecule is Cc1ncc(-c2ccc3c(c2)N(c2cccc(C(=O)N(C)C)n2)C(=O)C3(C)C)cn1.Cc1ncc(-c2ccc3c(c2)N(c2cccc(C(=O)NC4CC4)n2)C(=O)C3(C)C)cn1. The fourth-order valence-electron chi connectivity index (χ4n) is 7.45. The van der Waals surface area contributed by atoms with Crippen LogP contribution in [0.5, 0.6) is 0 Å². The van der Waals surface area contributed by atoms with Crippen molar-refractivity contribution in [2.75, 3.05) is 23.9 Å². The highest BCUT2D eigenvalue weighted by molar-refractivity contribution is 6.13. The molecule has 1 N–H and O–H groups in total. The number of carbonyl (C=O) groups excluding carboxylic acids is 4. The van der Waals surface area contributed by atoms with E-state index in [9.17, 15) is 19.2 Å². The lowest BCUT2D eigenvalue weighted by Crippen LogP contribution is -2.34. The van der Waals surface area contributed by atoms with Crippen LogP contribution < -0.4 is 15.1 Å². The van der Waals surface area contributed by atoms with Crippen LogP contribution in [-0.4, -0.2) is 78.6 Å². The zero-order valence-corrected chi connectivity index (χ0v) is 35.4. The average Bonchev–Trinajstić information content (AvgIpc) is 4.01. The Morgan fingerprint density at radius 3 is 1.48 bits per heavy atom. The van der Waals surface area contributed by atoms with Crippen molar-refractivity contribution >= 4 is 46.6 Å². The first-order valence-corrected chi connectivity index (χ1v) is 20.1. The van der Waals surface area contributed by atoms with Gasteiger partial charge in [-0.2, -0.15) is 0 Å². The number of hydrogen-bond acceptors (Lipinski definition) is 10. The van der Waals surface area contributed by atoms with Gasteiger partial charge >= 0.3 is 0 Å². The third-order valence-corrected chi connectivity index (χ3v) is 11.2. The van der Waals surface area contributed by atoms with Gasteiger partial charge in [0.1, 0.15) is 34.7 Å². The van der Waals surface area contributed by atoms with Crippen LogP contribution in [0.25, 0.3) is 22.3 Å². The Hall–Kier alpha value is -7.22. The number of nitrogens with one attached hydrogen (secondary N) is 1. The van der Waals surface area contributed by atoms with E-state index in [4.69, 9.17) is 0 Å². The van der Waals surface area contributed by atoms with Gasteiger partial charge in [-0.15, -0.1) is 0 Å². The van der Waals surface area contributed by atoms with Crippen LogP contribution in [0.2, 0.25) is 0 Å². The average molecular weight is 815 g/mol. The lowest BCUT2D eigenvalue weighted by atomic mass is 9.85. The van der Waals surface area contributed by atoms with Crippen molar-refractivity contribution < 1.29 is 19.2 Å². The van der Waals surface area contributed by atoms with E-state index in [-0.39, 0.29) is 29.7 Å². The fourth-order valence-corrected chi connectivity index (χ4v) is 7.45. The summed E-state index contributed by atoms with van der Waals surface area (Å²) in [5.41, 5.74) is 6.10. The number of nitrogens with zero attached hydrogens (tertiary/aromatic N) is 9. The lowest BCUT2D eigenvalue weighted by Gasteiger charge is -2.20. The zero-order chi connectivity index (χ0) is 43.4. The van der Waals surface area contributed by atoms with Gasteiger partial charge in [-0.25, -0.2) is 29.9 Å². The van der Waals surface area contributed by atoms with Crippen molar-refractivity contribution in [2.45, 2.75) is 71.3 Å². The number of carbonyl (C=O) groups is 4. The summed E-state index contributed by atoms with van der Waals surface area (Å²) in [6, 6.07) is 22.4. The predicted molar refractivity (Wildman–Crippen MR) is 232 cm³/mol. The summed E-state index contributed by atoms with van der Waals surface area (Å²) < 4.78 is 0. The van der Waals surface area contributed by atoms with Crippen molar-refractivity contribution in [1.82, 2.24) is 40.1 Å². The van der Waals surface area contributed by atoms with Gasteiger partial charge in [0.2, 0.25) is 11.8 Å². The third kappa shape index (κ3) is 7.60. The van der Waals surface area contributed by atoms with Gasteiger partial charge in [-0.1, -0.05) is 36.4 Å². The quantitative estimate of drug-likeness (QED) is 0.174. The maximum atomic E-state index is 13.4. The van der Waals surface area contributed by atoms with Gasteiger partial charge in [0.15, 0.2) is 0 Å². The maximum Gasteiger partial charge on any atom is 0.272 e. The number of pyridine rings is 2. The van der Waals surface area contributed by atoms with Gasteiger partial charge in [0, 0.05) is 56.1 Å². The number of aryl methyl sites for hydroxylation is 2. The van der Waals surface area contributed by atoms with Crippen molar-refractivity contribution in [3.63, 3.8) is 0 Å². The van der Waals surface area contributed by atoms with E-state index in [1.807, 2.05) is 77.9 Å². The molecule has 0 unspecified atom stereocenters. The summed E-state index contributed by atoms with van der Waals surface area (Å²) >= 11 is 0. The molecule has 4 amide bonds. The number of anilines is 4. The predicted octanol–water partition coefficient (Wildman–Crippen LogP) is 7.20. The molecule has 0 spiro atoms. The molecule has 0 atom stereocenters. The van der Waals surface area contributed by atoms with E-state index >= 15 is 0 Å². The van der Waals surface area contributed by atoms with Crippen LogP contribution >= 0.6 is 0 Å². The van der Waals surface area contributed by atoms with Crippen LogP contribution in [0, 0.1) is 13.8 Å². The number of hydrogen-bond donors (Lipinski definition) is 1. The standard InChI is InChI=1S/C24H23N5O2.C23H23N5O2/c1-14-25-12-16(13-26-14)15-7-10-18-20(11-15)29(23(31)24(18,2)3)21-6-4-5-19(28-21)22(30)27-17-8-9-17;1-14-24-12-16(13-25-14)15-9-10-17-19(11-15)28(22(30)23(17,2)3)20-8-6-7-18(26-20)21(29)27(4)5/h4-7,10-13,17H,8-9H2,1-3H3,(H,27,30);6-13H,1-5H3. The van der Waals surface area contributed by atoms with E-state index in [1.165, 1.54) is 4.90 Å². The highest BCUT2D eigenvalue weighted by Gasteiger charge is 2.46. The number of aromatic nitrogens is 6. The highest BCUT2D eigenvalue weighted by atomic mass is 16.2. The zero-order valence-electron chi connectivity index (χ0n) is 35.4. The van der Waals surface area contributed by atoms with Gasteiger partial charge in [-0.3, -0.25) is 29.0 Å². The topological polar surface area (TPSA) is 167 Å². The minimum atomic E-state index is -0.707. The van der Waals surface area contributed by atoms with Crippen molar-refractivity contribution in [2.24, 2.45) is 0 Å². The smallest absolute Gasteiger partial charge is 0.272 e. The van der Waals surface area contributed by atoms with Crippen LogP contribution in [0.15, 0.2) is 97.6 Å². The first-order valence-electron chi connectivity index (χ1n) is 20.1. The van der Waals surface area contributed by atoms with Gasteiger partial charge in [-0.05, 0) is 113 Å². The fraction of sp³-hybridized carbons (Fsp3) is 0.277. The summed E-state index contributed by atoms with van der Waals surface area (Å²) in [5, 5.41) is 2.95. The Balaban J connectivity index is 0.000000169. The van der Waals surface area contributed by atoms with Gasteiger partial charge in [0.05, 0.1) is 22.2 Å². The van der Waals surface area contributed by atoms with Crippen LogP contribution in [0.4, 0.5) is 23.0 Å². The number of fused-ring (bicyclic) bond motifs is 2.